The van der Waals surface area contributed by atoms with E-state index in [0.717, 1.165) is 65.1 Å². The van der Waals surface area contributed by atoms with Gasteiger partial charge in [-0.3, -0.25) is 10.2 Å². The van der Waals surface area contributed by atoms with Crippen molar-refractivity contribution in [2.24, 2.45) is 13.5 Å². The van der Waals surface area contributed by atoms with Crippen molar-refractivity contribution in [1.29, 1.82) is 0 Å². The molecule has 0 unspecified atom stereocenters. The summed E-state index contributed by atoms with van der Waals surface area (Å²) in [6.45, 7) is 17.8. The second-order valence-electron chi connectivity index (χ2n) is 10.4. The average Bonchev–Trinajstić information content (AvgIpc) is 3.60. The number of hydrogen-bond donors (Lipinski definition) is 2. The highest BCUT2D eigenvalue weighted by molar-refractivity contribution is 7.84. The van der Waals surface area contributed by atoms with Gasteiger partial charge < -0.3 is 0 Å². The second-order valence-corrected chi connectivity index (χ2v) is 18.0. The number of nitrogens with zero attached hydrogens (tertiary/aromatic N) is 11. The van der Waals surface area contributed by atoms with E-state index in [4.69, 9.17) is 33.9 Å². The molecule has 4 aromatic heterocycles. The van der Waals surface area contributed by atoms with Gasteiger partial charge in [-0.25, -0.2) is 0 Å². The molecule has 0 bridgehead atoms. The molecule has 208 valence electrons. The maximum absolute atomic E-state index is 5.81. The van der Waals surface area contributed by atoms with Crippen LogP contribution in [0.1, 0.15) is 52.0 Å². The lowest BCUT2D eigenvalue weighted by Crippen LogP contribution is -2.32. The first-order chi connectivity index (χ1) is 18.5. The minimum Gasteiger partial charge on any atom is -0.253 e. The predicted molar refractivity (Wildman–Crippen MR) is 157 cm³/mol. The standard InChI is InChI=1S/C23H36N13P3/c1-16-12-20(5)33(26-16)38(34-21(6)13-17(2)27-34)30-37(24-10-9-11-25-37)31-39(32-38,35-22(7)14-18(3)28-35)36-23(8)15-19(4)29-36/h12-15,24-25H,9-11H2,1-8H3. The summed E-state index contributed by atoms with van der Waals surface area (Å²) in [5, 5.41) is 27.5. The molecule has 2 aliphatic heterocycles. The van der Waals surface area contributed by atoms with Gasteiger partial charge in [0, 0.05) is 35.9 Å². The first-order valence-corrected chi connectivity index (χ1v) is 17.9. The van der Waals surface area contributed by atoms with Crippen LogP contribution < -0.4 is 10.2 Å². The Morgan fingerprint density at radius 2 is 0.846 bits per heavy atom. The minimum atomic E-state index is -3.12. The Morgan fingerprint density at radius 3 is 1.15 bits per heavy atom. The summed E-state index contributed by atoms with van der Waals surface area (Å²) >= 11 is 0. The van der Waals surface area contributed by atoms with Gasteiger partial charge in [0.2, 0.25) is 7.51 Å². The van der Waals surface area contributed by atoms with Crippen molar-refractivity contribution in [1.82, 2.24) is 48.4 Å². The molecule has 39 heavy (non-hydrogen) atoms. The molecule has 0 radical (unpaired) electrons. The third-order valence-electron chi connectivity index (χ3n) is 6.72. The Hall–Kier alpha value is -2.55. The molecule has 6 rings (SSSR count). The Bertz CT molecular complexity index is 1570. The molecular formula is C23H36N13P3. The van der Waals surface area contributed by atoms with Crippen LogP contribution in [0.5, 0.6) is 0 Å². The van der Waals surface area contributed by atoms with Gasteiger partial charge in [0.1, 0.15) is 0 Å². The molecule has 1 saturated heterocycles. The van der Waals surface area contributed by atoms with Crippen LogP contribution in [0.3, 0.4) is 0 Å². The van der Waals surface area contributed by atoms with Crippen LogP contribution in [0, 0.1) is 55.4 Å². The number of aromatic nitrogens is 8. The van der Waals surface area contributed by atoms with E-state index in [1.807, 2.05) is 45.5 Å². The first-order valence-electron chi connectivity index (χ1n) is 13.1. The highest BCUT2D eigenvalue weighted by Gasteiger charge is 2.46. The molecule has 0 saturated carbocycles. The van der Waals surface area contributed by atoms with Crippen molar-refractivity contribution in [3.8, 4) is 0 Å². The van der Waals surface area contributed by atoms with E-state index in [-0.39, 0.29) is 0 Å². The number of hydrogen-bond acceptors (Lipinski definition) is 9. The quantitative estimate of drug-likeness (QED) is 0.287. The van der Waals surface area contributed by atoms with E-state index >= 15 is 0 Å². The summed E-state index contributed by atoms with van der Waals surface area (Å²) in [6, 6.07) is 8.29. The van der Waals surface area contributed by atoms with Crippen LogP contribution in [-0.2, 0) is 0 Å². The largest absolute Gasteiger partial charge is 0.313 e. The van der Waals surface area contributed by atoms with E-state index in [0.29, 0.717) is 0 Å². The Morgan fingerprint density at radius 1 is 0.513 bits per heavy atom. The molecular weight excluding hydrogens is 551 g/mol. The maximum atomic E-state index is 5.81. The predicted octanol–water partition coefficient (Wildman–Crippen LogP) is 5.87. The fourth-order valence-electron chi connectivity index (χ4n) is 5.32. The molecule has 2 N–H and O–H groups in total. The van der Waals surface area contributed by atoms with Crippen molar-refractivity contribution in [2.75, 3.05) is 13.1 Å². The third kappa shape index (κ3) is 4.18. The monoisotopic (exact) mass is 587 g/mol. The van der Waals surface area contributed by atoms with Crippen LogP contribution in [0.25, 0.3) is 0 Å². The molecule has 2 aliphatic rings. The molecule has 6 heterocycles. The third-order valence-corrected chi connectivity index (χ3v) is 17.6. The van der Waals surface area contributed by atoms with Crippen LogP contribution >= 0.6 is 22.5 Å². The average molecular weight is 588 g/mol. The highest BCUT2D eigenvalue weighted by atomic mass is 31.3. The molecule has 16 heteroatoms. The number of aryl methyl sites for hydroxylation is 8. The van der Waals surface area contributed by atoms with Crippen molar-refractivity contribution in [3.63, 3.8) is 0 Å². The van der Waals surface area contributed by atoms with Gasteiger partial charge in [-0.2, -0.15) is 51.8 Å². The minimum absolute atomic E-state index is 0.802. The summed E-state index contributed by atoms with van der Waals surface area (Å²) in [7, 11) is -8.95. The van der Waals surface area contributed by atoms with Crippen LogP contribution in [0.2, 0.25) is 0 Å². The topological polar surface area (TPSA) is 132 Å². The summed E-state index contributed by atoms with van der Waals surface area (Å²) in [5.74, 6) is 0. The lowest BCUT2D eigenvalue weighted by Gasteiger charge is -2.38. The first kappa shape index (κ1) is 26.7. The SMILES string of the molecule is Cc1cc(C)n(P2(n3nc(C)cc3C)=NP3(=NP(n4nc(C)cc4C)(n4nc(C)cc4C)=N2)NCCCN3)n1. The van der Waals surface area contributed by atoms with E-state index in [2.05, 4.69) is 62.1 Å². The molecule has 0 atom stereocenters. The zero-order valence-electron chi connectivity index (χ0n) is 23.7. The molecule has 4 aromatic rings. The van der Waals surface area contributed by atoms with Crippen LogP contribution in [-0.4, -0.2) is 51.3 Å². The molecule has 1 spiro atoms. The highest BCUT2D eigenvalue weighted by Crippen LogP contribution is 2.77. The van der Waals surface area contributed by atoms with Gasteiger partial charge in [-0.05, 0) is 86.1 Å². The lowest BCUT2D eigenvalue weighted by atomic mass is 10.4. The smallest absolute Gasteiger partial charge is 0.253 e. The summed E-state index contributed by atoms with van der Waals surface area (Å²) in [5.41, 5.74) is 7.49. The lowest BCUT2D eigenvalue weighted by molar-refractivity contribution is 0.710. The van der Waals surface area contributed by atoms with Gasteiger partial charge >= 0.3 is 15.0 Å². The van der Waals surface area contributed by atoms with E-state index in [1.54, 1.807) is 0 Å². The van der Waals surface area contributed by atoms with Crippen LogP contribution in [0.15, 0.2) is 37.8 Å². The van der Waals surface area contributed by atoms with Gasteiger partial charge in [0.05, 0.1) is 22.8 Å². The van der Waals surface area contributed by atoms with E-state index < -0.39 is 22.5 Å². The van der Waals surface area contributed by atoms with Crippen LogP contribution in [0.4, 0.5) is 0 Å². The van der Waals surface area contributed by atoms with Crippen molar-refractivity contribution >= 4 is 22.5 Å². The van der Waals surface area contributed by atoms with Gasteiger partial charge in [-0.1, -0.05) is 0 Å². The molecule has 0 aromatic carbocycles. The fourth-order valence-corrected chi connectivity index (χ4v) is 18.6. The van der Waals surface area contributed by atoms with Crippen molar-refractivity contribution in [3.05, 3.63) is 69.8 Å². The fraction of sp³-hybridized carbons (Fsp3) is 0.478. The second kappa shape index (κ2) is 9.25. The Labute approximate surface area is 229 Å². The van der Waals surface area contributed by atoms with Crippen molar-refractivity contribution < 1.29 is 0 Å². The van der Waals surface area contributed by atoms with Gasteiger partial charge in [0.15, 0.2) is 0 Å². The number of nitrogens with one attached hydrogen (secondary N) is 2. The molecule has 0 amide bonds. The summed E-state index contributed by atoms with van der Waals surface area (Å²) in [4.78, 5) is 0. The zero-order valence-corrected chi connectivity index (χ0v) is 26.4. The zero-order chi connectivity index (χ0) is 27.7. The normalized spacial score (nSPS) is 19.5. The maximum Gasteiger partial charge on any atom is 0.313 e. The summed E-state index contributed by atoms with van der Waals surface area (Å²) in [6.07, 6.45) is 0.987. The van der Waals surface area contributed by atoms with E-state index in [1.165, 1.54) is 0 Å². The van der Waals surface area contributed by atoms with Gasteiger partial charge in [-0.15, -0.1) is 0 Å². The van der Waals surface area contributed by atoms with Crippen molar-refractivity contribution in [2.45, 2.75) is 61.8 Å². The van der Waals surface area contributed by atoms with Gasteiger partial charge in [0.25, 0.3) is 0 Å². The molecule has 13 nitrogen and oxygen atoms in total. The summed E-state index contributed by atoms with van der Waals surface area (Å²) < 4.78 is 25.1. The Kier molecular flexibility index (Phi) is 6.32. The molecule has 0 aliphatic carbocycles. The Balaban J connectivity index is 1.90. The molecule has 1 fully saturated rings. The van der Waals surface area contributed by atoms with E-state index in [9.17, 15) is 0 Å². The number of rotatable bonds is 4.